The molecule has 2 heteroatoms. The maximum atomic E-state index is 6.17. The van der Waals surface area contributed by atoms with Gasteiger partial charge in [0.1, 0.15) is 0 Å². The van der Waals surface area contributed by atoms with Gasteiger partial charge in [0.25, 0.3) is 0 Å². The Hall–Kier alpha value is -0.0800. The molecule has 0 radical (unpaired) electrons. The Labute approximate surface area is 114 Å². The third kappa shape index (κ3) is 4.24. The minimum atomic E-state index is 0.309. The van der Waals surface area contributed by atoms with Crippen LogP contribution in [0.5, 0.6) is 0 Å². The van der Waals surface area contributed by atoms with Crippen LogP contribution >= 0.6 is 0 Å². The quantitative estimate of drug-likeness (QED) is 0.751. The average Bonchev–Trinajstić information content (AvgIpc) is 2.34. The Morgan fingerprint density at radius 1 is 1.39 bits per heavy atom. The molecule has 1 aliphatic carbocycles. The number of nitrogens with two attached hydrogens (primary N) is 1. The van der Waals surface area contributed by atoms with E-state index in [0.29, 0.717) is 5.54 Å². The van der Waals surface area contributed by atoms with Gasteiger partial charge < -0.3 is 5.73 Å². The predicted octanol–water partition coefficient (Wildman–Crippen LogP) is 3.65. The third-order valence-corrected chi connectivity index (χ3v) is 4.71. The number of hydrogen-bond donors (Lipinski definition) is 1. The lowest BCUT2D eigenvalue weighted by Gasteiger charge is -2.47. The van der Waals surface area contributed by atoms with Gasteiger partial charge in [0.2, 0.25) is 0 Å². The molecule has 0 amide bonds. The summed E-state index contributed by atoms with van der Waals surface area (Å²) in [7, 11) is 0. The Morgan fingerprint density at radius 3 is 2.61 bits per heavy atom. The fourth-order valence-corrected chi connectivity index (χ4v) is 3.66. The van der Waals surface area contributed by atoms with Gasteiger partial charge in [-0.15, -0.1) is 0 Å². The monoisotopic (exact) mass is 254 g/mol. The average molecular weight is 254 g/mol. The fraction of sp³-hybridized carbons (Fsp3) is 1.00. The van der Waals surface area contributed by atoms with E-state index in [1.165, 1.54) is 45.1 Å². The van der Waals surface area contributed by atoms with Crippen LogP contribution in [0.1, 0.15) is 66.2 Å². The molecule has 0 aromatic rings. The van der Waals surface area contributed by atoms with E-state index in [1.54, 1.807) is 0 Å². The molecule has 0 aromatic heterocycles. The van der Waals surface area contributed by atoms with Crippen molar-refractivity contribution in [3.05, 3.63) is 0 Å². The van der Waals surface area contributed by atoms with E-state index in [-0.39, 0.29) is 0 Å². The zero-order valence-electron chi connectivity index (χ0n) is 13.0. The van der Waals surface area contributed by atoms with Crippen LogP contribution in [0, 0.1) is 11.8 Å². The van der Waals surface area contributed by atoms with Gasteiger partial charge in [-0.1, -0.05) is 40.5 Å². The first kappa shape index (κ1) is 16.0. The summed E-state index contributed by atoms with van der Waals surface area (Å²) < 4.78 is 0. The molecule has 18 heavy (non-hydrogen) atoms. The van der Waals surface area contributed by atoms with Gasteiger partial charge >= 0.3 is 0 Å². The van der Waals surface area contributed by atoms with Gasteiger partial charge in [-0.3, -0.25) is 4.90 Å². The molecule has 1 saturated carbocycles. The normalized spacial score (nSPS) is 29.2. The molecular formula is C16H34N2. The summed E-state index contributed by atoms with van der Waals surface area (Å²) in [5.41, 5.74) is 6.48. The molecule has 1 fully saturated rings. The second-order valence-corrected chi connectivity index (χ2v) is 6.75. The van der Waals surface area contributed by atoms with Crippen LogP contribution in [0.3, 0.4) is 0 Å². The van der Waals surface area contributed by atoms with E-state index in [2.05, 4.69) is 32.6 Å². The molecule has 1 aliphatic rings. The van der Waals surface area contributed by atoms with Gasteiger partial charge in [0.15, 0.2) is 0 Å². The van der Waals surface area contributed by atoms with Crippen LogP contribution in [-0.4, -0.2) is 30.1 Å². The van der Waals surface area contributed by atoms with Crippen LogP contribution in [0.15, 0.2) is 0 Å². The van der Waals surface area contributed by atoms with Crippen molar-refractivity contribution >= 4 is 0 Å². The molecule has 0 aliphatic heterocycles. The van der Waals surface area contributed by atoms with E-state index in [1.807, 2.05) is 0 Å². The smallest absolute Gasteiger partial charge is 0.0334 e. The summed E-state index contributed by atoms with van der Waals surface area (Å²) in [6.07, 6.45) is 8.03. The van der Waals surface area contributed by atoms with Crippen molar-refractivity contribution < 1.29 is 0 Å². The predicted molar refractivity (Wildman–Crippen MR) is 80.7 cm³/mol. The maximum Gasteiger partial charge on any atom is 0.0334 e. The molecule has 2 nitrogen and oxygen atoms in total. The van der Waals surface area contributed by atoms with Crippen molar-refractivity contribution in [1.29, 1.82) is 0 Å². The first-order valence-corrected chi connectivity index (χ1v) is 7.99. The van der Waals surface area contributed by atoms with Gasteiger partial charge in [-0.2, -0.15) is 0 Å². The minimum absolute atomic E-state index is 0.309. The molecule has 2 N–H and O–H groups in total. The van der Waals surface area contributed by atoms with Crippen LogP contribution in [-0.2, 0) is 0 Å². The minimum Gasteiger partial charge on any atom is -0.329 e. The van der Waals surface area contributed by atoms with Gasteiger partial charge in [0, 0.05) is 12.1 Å². The summed E-state index contributed by atoms with van der Waals surface area (Å²) >= 11 is 0. The largest absolute Gasteiger partial charge is 0.329 e. The van der Waals surface area contributed by atoms with E-state index in [9.17, 15) is 0 Å². The molecule has 2 atom stereocenters. The van der Waals surface area contributed by atoms with Crippen molar-refractivity contribution in [1.82, 2.24) is 4.90 Å². The van der Waals surface area contributed by atoms with Crippen molar-refractivity contribution in [2.75, 3.05) is 19.6 Å². The molecule has 0 aromatic carbocycles. The second-order valence-electron chi connectivity index (χ2n) is 6.75. The highest BCUT2D eigenvalue weighted by molar-refractivity contribution is 4.95. The van der Waals surface area contributed by atoms with Crippen molar-refractivity contribution in [3.8, 4) is 0 Å². The van der Waals surface area contributed by atoms with Gasteiger partial charge in [-0.25, -0.2) is 0 Å². The number of likely N-dealkylation sites (N-methyl/N-ethyl adjacent to an activating group) is 1. The molecule has 108 valence electrons. The summed E-state index contributed by atoms with van der Waals surface area (Å²) in [6.45, 7) is 12.6. The molecule has 0 bridgehead atoms. The Balaban J connectivity index is 2.58. The SMILES string of the molecule is CCN(CCCC(C)C)C1(CN)CCCC(C)C1. The summed E-state index contributed by atoms with van der Waals surface area (Å²) in [6, 6.07) is 0. The molecule has 0 saturated heterocycles. The zero-order chi connectivity index (χ0) is 13.6. The number of rotatable bonds is 7. The van der Waals surface area contributed by atoms with E-state index < -0.39 is 0 Å². The molecular weight excluding hydrogens is 220 g/mol. The Bertz CT molecular complexity index is 227. The Kier molecular flexibility index (Phi) is 6.65. The lowest BCUT2D eigenvalue weighted by Crippen LogP contribution is -2.56. The topological polar surface area (TPSA) is 29.3 Å². The fourth-order valence-electron chi connectivity index (χ4n) is 3.66. The van der Waals surface area contributed by atoms with Gasteiger partial charge in [-0.05, 0) is 50.6 Å². The molecule has 2 unspecified atom stereocenters. The highest BCUT2D eigenvalue weighted by Crippen LogP contribution is 2.36. The summed E-state index contributed by atoms with van der Waals surface area (Å²) in [4.78, 5) is 2.69. The summed E-state index contributed by atoms with van der Waals surface area (Å²) in [5, 5.41) is 0. The van der Waals surface area contributed by atoms with E-state index >= 15 is 0 Å². The van der Waals surface area contributed by atoms with E-state index in [0.717, 1.165) is 24.9 Å². The van der Waals surface area contributed by atoms with Crippen LogP contribution < -0.4 is 5.73 Å². The van der Waals surface area contributed by atoms with Crippen molar-refractivity contribution in [2.24, 2.45) is 17.6 Å². The number of nitrogens with zero attached hydrogens (tertiary/aromatic N) is 1. The highest BCUT2D eigenvalue weighted by atomic mass is 15.2. The lowest BCUT2D eigenvalue weighted by molar-refractivity contribution is 0.0413. The standard InChI is InChI=1S/C16H34N2/c1-5-18(11-7-8-14(2)3)16(13-17)10-6-9-15(4)12-16/h14-15H,5-13,17H2,1-4H3. The first-order chi connectivity index (χ1) is 8.54. The van der Waals surface area contributed by atoms with Gasteiger partial charge in [0.05, 0.1) is 0 Å². The summed E-state index contributed by atoms with van der Waals surface area (Å²) in [5.74, 6) is 1.67. The molecule has 1 rings (SSSR count). The van der Waals surface area contributed by atoms with Crippen LogP contribution in [0.2, 0.25) is 0 Å². The lowest BCUT2D eigenvalue weighted by atomic mass is 9.75. The van der Waals surface area contributed by atoms with Crippen LogP contribution in [0.4, 0.5) is 0 Å². The van der Waals surface area contributed by atoms with Crippen molar-refractivity contribution in [3.63, 3.8) is 0 Å². The number of hydrogen-bond acceptors (Lipinski definition) is 2. The van der Waals surface area contributed by atoms with E-state index in [4.69, 9.17) is 5.73 Å². The van der Waals surface area contributed by atoms with Crippen LogP contribution in [0.25, 0.3) is 0 Å². The third-order valence-electron chi connectivity index (χ3n) is 4.71. The Morgan fingerprint density at radius 2 is 2.11 bits per heavy atom. The van der Waals surface area contributed by atoms with Crippen molar-refractivity contribution in [2.45, 2.75) is 71.8 Å². The second kappa shape index (κ2) is 7.49. The molecule has 0 spiro atoms. The maximum absolute atomic E-state index is 6.17. The molecule has 0 heterocycles. The highest BCUT2D eigenvalue weighted by Gasteiger charge is 2.37. The zero-order valence-corrected chi connectivity index (χ0v) is 13.0. The first-order valence-electron chi connectivity index (χ1n) is 7.99.